The molecule has 0 atom stereocenters. The van der Waals surface area contributed by atoms with Crippen molar-refractivity contribution >= 4 is 5.84 Å². The lowest BCUT2D eigenvalue weighted by Crippen LogP contribution is -2.27. The van der Waals surface area contributed by atoms with Gasteiger partial charge in [-0.25, -0.2) is 0 Å². The zero-order chi connectivity index (χ0) is 8.43. The van der Waals surface area contributed by atoms with E-state index in [0.29, 0.717) is 0 Å². The number of amidine groups is 1. The topological polar surface area (TPSA) is 71.9 Å². The zero-order valence-electron chi connectivity index (χ0n) is 6.16. The van der Waals surface area contributed by atoms with Gasteiger partial charge in [0.05, 0.1) is 5.56 Å². The van der Waals surface area contributed by atoms with Gasteiger partial charge in [-0.3, -0.25) is 10.2 Å². The van der Waals surface area contributed by atoms with E-state index in [9.17, 15) is 4.79 Å². The average molecular weight is 151 g/mol. The van der Waals surface area contributed by atoms with Crippen LogP contribution in [0, 0.1) is 5.41 Å². The quantitative estimate of drug-likeness (QED) is 0.426. The van der Waals surface area contributed by atoms with Gasteiger partial charge >= 0.3 is 0 Å². The molecule has 0 saturated carbocycles. The van der Waals surface area contributed by atoms with Crippen LogP contribution in [0.15, 0.2) is 23.1 Å². The van der Waals surface area contributed by atoms with Crippen molar-refractivity contribution in [3.05, 3.63) is 34.2 Å². The Hall–Kier alpha value is -1.58. The zero-order valence-corrected chi connectivity index (χ0v) is 6.16. The summed E-state index contributed by atoms with van der Waals surface area (Å²) in [6, 6.07) is 3.21. The summed E-state index contributed by atoms with van der Waals surface area (Å²) in [5.74, 6) is -0.189. The predicted molar refractivity (Wildman–Crippen MR) is 42.7 cm³/mol. The number of nitrogen functional groups attached to an aromatic ring is 1. The fourth-order valence-corrected chi connectivity index (χ4v) is 0.802. The van der Waals surface area contributed by atoms with Gasteiger partial charge in [0.15, 0.2) is 0 Å². The molecule has 1 heterocycles. The molecule has 4 heteroatoms. The molecule has 0 fully saturated rings. The molecule has 1 rings (SSSR count). The van der Waals surface area contributed by atoms with Crippen LogP contribution in [0.3, 0.4) is 0 Å². The molecule has 1 aromatic rings. The minimum absolute atomic E-state index is 0.189. The molecular formula is C7H9N3O. The Morgan fingerprint density at radius 3 is 2.82 bits per heavy atom. The second-order valence-corrected chi connectivity index (χ2v) is 2.25. The molecule has 0 aromatic carbocycles. The predicted octanol–water partition coefficient (Wildman–Crippen LogP) is -0.331. The minimum atomic E-state index is -0.236. The highest BCUT2D eigenvalue weighted by atomic mass is 16.1. The van der Waals surface area contributed by atoms with E-state index < -0.39 is 0 Å². The Bertz CT molecular complexity index is 340. The largest absolute Gasteiger partial charge is 0.384 e. The van der Waals surface area contributed by atoms with Crippen LogP contribution in [0.1, 0.15) is 5.56 Å². The maximum atomic E-state index is 11.2. The summed E-state index contributed by atoms with van der Waals surface area (Å²) in [6.45, 7) is 0. The Morgan fingerprint density at radius 2 is 2.36 bits per heavy atom. The highest BCUT2D eigenvalue weighted by Crippen LogP contribution is 1.87. The lowest BCUT2D eigenvalue weighted by molar-refractivity contribution is 0.856. The minimum Gasteiger partial charge on any atom is -0.384 e. The third kappa shape index (κ3) is 1.29. The molecule has 4 nitrogen and oxygen atoms in total. The van der Waals surface area contributed by atoms with Gasteiger partial charge in [0.1, 0.15) is 5.84 Å². The Balaban J connectivity index is 3.40. The molecule has 58 valence electrons. The third-order valence-electron chi connectivity index (χ3n) is 1.41. The molecule has 0 aliphatic heterocycles. The van der Waals surface area contributed by atoms with Crippen LogP contribution in [0.25, 0.3) is 0 Å². The van der Waals surface area contributed by atoms with Crippen molar-refractivity contribution in [1.82, 2.24) is 4.57 Å². The van der Waals surface area contributed by atoms with Gasteiger partial charge in [0, 0.05) is 13.2 Å². The number of hydrogen-bond acceptors (Lipinski definition) is 2. The highest BCUT2D eigenvalue weighted by molar-refractivity contribution is 5.94. The van der Waals surface area contributed by atoms with Crippen LogP contribution in [-0.4, -0.2) is 10.4 Å². The van der Waals surface area contributed by atoms with Gasteiger partial charge in [-0.1, -0.05) is 0 Å². The highest BCUT2D eigenvalue weighted by Gasteiger charge is 2.01. The van der Waals surface area contributed by atoms with Crippen LogP contribution in [-0.2, 0) is 7.05 Å². The first-order chi connectivity index (χ1) is 5.13. The molecule has 11 heavy (non-hydrogen) atoms. The van der Waals surface area contributed by atoms with Crippen molar-refractivity contribution in [2.75, 3.05) is 0 Å². The molecule has 3 N–H and O–H groups in total. The Morgan fingerprint density at radius 1 is 1.73 bits per heavy atom. The Kier molecular flexibility index (Phi) is 1.76. The number of rotatable bonds is 1. The van der Waals surface area contributed by atoms with Crippen molar-refractivity contribution in [3.8, 4) is 0 Å². The van der Waals surface area contributed by atoms with Crippen molar-refractivity contribution in [3.63, 3.8) is 0 Å². The van der Waals surface area contributed by atoms with E-state index in [1.54, 1.807) is 19.3 Å². The number of nitrogens with zero attached hydrogens (tertiary/aromatic N) is 1. The average Bonchev–Trinajstić information content (AvgIpc) is 1.94. The number of aromatic nitrogens is 1. The SMILES string of the molecule is Cn1cccc(C(=N)N)c1=O. The first-order valence-electron chi connectivity index (χ1n) is 3.13. The summed E-state index contributed by atoms with van der Waals surface area (Å²) in [4.78, 5) is 11.2. The maximum absolute atomic E-state index is 11.2. The van der Waals surface area contributed by atoms with Crippen LogP contribution < -0.4 is 11.3 Å². The number of aryl methyl sites for hydroxylation is 1. The lowest BCUT2D eigenvalue weighted by Gasteiger charge is -1.99. The van der Waals surface area contributed by atoms with Gasteiger partial charge in [0.25, 0.3) is 5.56 Å². The van der Waals surface area contributed by atoms with E-state index in [2.05, 4.69) is 0 Å². The molecular weight excluding hydrogens is 142 g/mol. The summed E-state index contributed by atoms with van der Waals surface area (Å²) < 4.78 is 1.39. The first kappa shape index (κ1) is 7.53. The Labute approximate surface area is 63.8 Å². The summed E-state index contributed by atoms with van der Waals surface area (Å²) in [7, 11) is 1.62. The van der Waals surface area contributed by atoms with Crippen LogP contribution in [0.5, 0.6) is 0 Å². The fourth-order valence-electron chi connectivity index (χ4n) is 0.802. The molecule has 0 bridgehead atoms. The van der Waals surface area contributed by atoms with E-state index in [4.69, 9.17) is 11.1 Å². The molecule has 0 amide bonds. The van der Waals surface area contributed by atoms with Crippen molar-refractivity contribution in [2.45, 2.75) is 0 Å². The van der Waals surface area contributed by atoms with E-state index in [0.717, 1.165) is 0 Å². The molecule has 0 unspecified atom stereocenters. The number of nitrogens with two attached hydrogens (primary N) is 1. The van der Waals surface area contributed by atoms with E-state index in [-0.39, 0.29) is 17.0 Å². The second kappa shape index (κ2) is 2.57. The number of nitrogens with one attached hydrogen (secondary N) is 1. The van der Waals surface area contributed by atoms with Gasteiger partial charge in [0.2, 0.25) is 0 Å². The van der Waals surface area contributed by atoms with E-state index in [1.165, 1.54) is 10.6 Å². The first-order valence-corrected chi connectivity index (χ1v) is 3.13. The van der Waals surface area contributed by atoms with Crippen LogP contribution in [0.2, 0.25) is 0 Å². The number of pyridine rings is 1. The molecule has 0 radical (unpaired) electrons. The second-order valence-electron chi connectivity index (χ2n) is 2.25. The van der Waals surface area contributed by atoms with Gasteiger partial charge in [-0.2, -0.15) is 0 Å². The van der Waals surface area contributed by atoms with E-state index in [1.807, 2.05) is 0 Å². The summed E-state index contributed by atoms with van der Waals surface area (Å²) in [6.07, 6.45) is 1.62. The third-order valence-corrected chi connectivity index (χ3v) is 1.41. The van der Waals surface area contributed by atoms with E-state index >= 15 is 0 Å². The number of hydrogen-bond donors (Lipinski definition) is 2. The molecule has 1 aromatic heterocycles. The molecule has 0 saturated heterocycles. The van der Waals surface area contributed by atoms with Gasteiger partial charge in [-0.15, -0.1) is 0 Å². The fraction of sp³-hybridized carbons (Fsp3) is 0.143. The van der Waals surface area contributed by atoms with Crippen molar-refractivity contribution in [1.29, 1.82) is 5.41 Å². The summed E-state index contributed by atoms with van der Waals surface area (Å²) in [5, 5.41) is 7.04. The van der Waals surface area contributed by atoms with Crippen LogP contribution >= 0.6 is 0 Å². The van der Waals surface area contributed by atoms with Gasteiger partial charge in [-0.05, 0) is 12.1 Å². The smallest absolute Gasteiger partial charge is 0.261 e. The van der Waals surface area contributed by atoms with Crippen LogP contribution in [0.4, 0.5) is 0 Å². The van der Waals surface area contributed by atoms with Crippen molar-refractivity contribution < 1.29 is 0 Å². The monoisotopic (exact) mass is 151 g/mol. The molecule has 0 spiro atoms. The lowest BCUT2D eigenvalue weighted by atomic mass is 10.2. The summed E-state index contributed by atoms with van der Waals surface area (Å²) >= 11 is 0. The maximum Gasteiger partial charge on any atom is 0.261 e. The molecule has 0 aliphatic carbocycles. The standard InChI is InChI=1S/C7H9N3O/c1-10-4-2-3-5(6(8)9)7(10)11/h2-4H,1H3,(H3,8,9). The van der Waals surface area contributed by atoms with Crippen molar-refractivity contribution in [2.24, 2.45) is 12.8 Å². The van der Waals surface area contributed by atoms with Gasteiger partial charge < -0.3 is 10.3 Å². The normalized spacial score (nSPS) is 9.55. The molecule has 0 aliphatic rings. The summed E-state index contributed by atoms with van der Waals surface area (Å²) in [5.41, 5.74) is 5.16.